The van der Waals surface area contributed by atoms with Crippen molar-refractivity contribution in [1.29, 1.82) is 0 Å². The highest BCUT2D eigenvalue weighted by Crippen LogP contribution is 2.21. The summed E-state index contributed by atoms with van der Waals surface area (Å²) < 4.78 is 0. The van der Waals surface area contributed by atoms with E-state index in [0.29, 0.717) is 18.5 Å². The molecule has 18 heavy (non-hydrogen) atoms. The molecule has 2 N–H and O–H groups in total. The first-order valence-corrected chi connectivity index (χ1v) is 7.53. The molecule has 104 valence electrons. The largest absolute Gasteiger partial charge is 0.342 e. The van der Waals surface area contributed by atoms with E-state index in [9.17, 15) is 4.79 Å². The fourth-order valence-electron chi connectivity index (χ4n) is 3.20. The molecule has 0 spiro atoms. The van der Waals surface area contributed by atoms with E-state index in [0.717, 1.165) is 39.0 Å². The van der Waals surface area contributed by atoms with Gasteiger partial charge in [0.15, 0.2) is 0 Å². The minimum absolute atomic E-state index is 0.342. The summed E-state index contributed by atoms with van der Waals surface area (Å²) in [5, 5.41) is 0. The van der Waals surface area contributed by atoms with Crippen molar-refractivity contribution in [2.45, 2.75) is 51.0 Å². The molecule has 2 heterocycles. The Morgan fingerprint density at radius 2 is 1.89 bits per heavy atom. The summed E-state index contributed by atoms with van der Waals surface area (Å²) in [5.74, 6) is 0.342. The third kappa shape index (κ3) is 3.69. The molecule has 2 aliphatic rings. The predicted molar refractivity (Wildman–Crippen MR) is 73.3 cm³/mol. The second kappa shape index (κ2) is 7.10. The number of amides is 1. The van der Waals surface area contributed by atoms with Crippen LogP contribution >= 0.6 is 0 Å². The number of nitrogens with zero attached hydrogens (tertiary/aromatic N) is 2. The van der Waals surface area contributed by atoms with Gasteiger partial charge in [-0.1, -0.05) is 0 Å². The molecule has 0 aromatic heterocycles. The van der Waals surface area contributed by atoms with E-state index in [4.69, 9.17) is 5.73 Å². The zero-order valence-electron chi connectivity index (χ0n) is 11.4. The number of carbonyl (C=O) groups excluding carboxylic acids is 1. The molecule has 2 saturated heterocycles. The lowest BCUT2D eigenvalue weighted by molar-refractivity contribution is -0.133. The van der Waals surface area contributed by atoms with Gasteiger partial charge in [-0.3, -0.25) is 9.69 Å². The Labute approximate surface area is 110 Å². The normalized spacial score (nSPS) is 25.6. The number of carbonyl (C=O) groups is 1. The Kier molecular flexibility index (Phi) is 5.45. The lowest BCUT2D eigenvalue weighted by atomic mass is 10.1. The summed E-state index contributed by atoms with van der Waals surface area (Å²) >= 11 is 0. The Bertz CT molecular complexity index is 264. The van der Waals surface area contributed by atoms with E-state index in [2.05, 4.69) is 9.80 Å². The highest BCUT2D eigenvalue weighted by atomic mass is 16.2. The van der Waals surface area contributed by atoms with E-state index in [1.54, 1.807) is 0 Å². The number of rotatable bonds is 5. The van der Waals surface area contributed by atoms with Gasteiger partial charge in [0.2, 0.25) is 5.91 Å². The molecule has 1 unspecified atom stereocenters. The Hall–Kier alpha value is -0.610. The number of piperidine rings is 1. The lowest BCUT2D eigenvalue weighted by Gasteiger charge is -2.30. The lowest BCUT2D eigenvalue weighted by Crippen LogP contribution is -2.44. The highest BCUT2D eigenvalue weighted by Gasteiger charge is 2.27. The molecule has 2 aliphatic heterocycles. The topological polar surface area (TPSA) is 49.6 Å². The Morgan fingerprint density at radius 3 is 2.61 bits per heavy atom. The van der Waals surface area contributed by atoms with Crippen LogP contribution < -0.4 is 5.73 Å². The molecule has 0 aromatic carbocycles. The van der Waals surface area contributed by atoms with Gasteiger partial charge in [0, 0.05) is 19.1 Å². The molecule has 0 saturated carbocycles. The zero-order valence-corrected chi connectivity index (χ0v) is 11.4. The smallest absolute Gasteiger partial charge is 0.236 e. The highest BCUT2D eigenvalue weighted by molar-refractivity contribution is 5.78. The molecule has 2 fully saturated rings. The van der Waals surface area contributed by atoms with Crippen LogP contribution in [0.2, 0.25) is 0 Å². The van der Waals surface area contributed by atoms with Crippen molar-refractivity contribution in [3.8, 4) is 0 Å². The molecule has 0 aliphatic carbocycles. The van der Waals surface area contributed by atoms with Gasteiger partial charge in [0.05, 0.1) is 6.54 Å². The second-order valence-electron chi connectivity index (χ2n) is 5.64. The minimum Gasteiger partial charge on any atom is -0.342 e. The van der Waals surface area contributed by atoms with Crippen molar-refractivity contribution in [3.05, 3.63) is 0 Å². The standard InChI is InChI=1S/C14H27N3O/c15-8-4-6-13-7-5-11-17(13)12-14(18)16-9-2-1-3-10-16/h13H,1-12,15H2. The van der Waals surface area contributed by atoms with Crippen molar-refractivity contribution < 1.29 is 4.79 Å². The second-order valence-corrected chi connectivity index (χ2v) is 5.64. The van der Waals surface area contributed by atoms with Crippen LogP contribution in [0.4, 0.5) is 0 Å². The van der Waals surface area contributed by atoms with E-state index in [-0.39, 0.29) is 0 Å². The zero-order chi connectivity index (χ0) is 12.8. The van der Waals surface area contributed by atoms with Gasteiger partial charge < -0.3 is 10.6 Å². The molecular weight excluding hydrogens is 226 g/mol. The third-order valence-electron chi connectivity index (χ3n) is 4.29. The average Bonchev–Trinajstić information content (AvgIpc) is 2.84. The van der Waals surface area contributed by atoms with Crippen LogP contribution in [0.15, 0.2) is 0 Å². The maximum atomic E-state index is 12.2. The number of hydrogen-bond acceptors (Lipinski definition) is 3. The minimum atomic E-state index is 0.342. The van der Waals surface area contributed by atoms with E-state index in [1.165, 1.54) is 32.1 Å². The van der Waals surface area contributed by atoms with Gasteiger partial charge in [-0.25, -0.2) is 0 Å². The van der Waals surface area contributed by atoms with Crippen LogP contribution in [0.5, 0.6) is 0 Å². The van der Waals surface area contributed by atoms with Crippen LogP contribution in [0.3, 0.4) is 0 Å². The van der Waals surface area contributed by atoms with Crippen molar-refractivity contribution in [1.82, 2.24) is 9.80 Å². The van der Waals surface area contributed by atoms with Gasteiger partial charge in [-0.05, 0) is 58.0 Å². The third-order valence-corrected chi connectivity index (χ3v) is 4.29. The number of nitrogens with two attached hydrogens (primary N) is 1. The molecule has 0 bridgehead atoms. The quantitative estimate of drug-likeness (QED) is 0.801. The van der Waals surface area contributed by atoms with Gasteiger partial charge in [0.25, 0.3) is 0 Å². The monoisotopic (exact) mass is 253 g/mol. The van der Waals surface area contributed by atoms with Crippen molar-refractivity contribution in [2.24, 2.45) is 5.73 Å². The van der Waals surface area contributed by atoms with E-state index >= 15 is 0 Å². The van der Waals surface area contributed by atoms with Gasteiger partial charge in [-0.15, -0.1) is 0 Å². The summed E-state index contributed by atoms with van der Waals surface area (Å²) in [6, 6.07) is 0.599. The summed E-state index contributed by atoms with van der Waals surface area (Å²) in [6.45, 7) is 4.44. The maximum absolute atomic E-state index is 12.2. The van der Waals surface area contributed by atoms with Crippen molar-refractivity contribution in [3.63, 3.8) is 0 Å². The predicted octanol–water partition coefficient (Wildman–Crippen LogP) is 1.20. The van der Waals surface area contributed by atoms with Crippen LogP contribution in [-0.4, -0.2) is 54.5 Å². The van der Waals surface area contributed by atoms with Crippen LogP contribution in [0.25, 0.3) is 0 Å². The molecular formula is C14H27N3O. The molecule has 2 rings (SSSR count). The van der Waals surface area contributed by atoms with Gasteiger partial charge in [-0.2, -0.15) is 0 Å². The van der Waals surface area contributed by atoms with Crippen LogP contribution in [-0.2, 0) is 4.79 Å². The average molecular weight is 253 g/mol. The van der Waals surface area contributed by atoms with Gasteiger partial charge >= 0.3 is 0 Å². The SMILES string of the molecule is NCCCC1CCCN1CC(=O)N1CCCCC1. The summed E-state index contributed by atoms with van der Waals surface area (Å²) in [4.78, 5) is 16.7. The first-order chi connectivity index (χ1) is 8.81. The first-order valence-electron chi connectivity index (χ1n) is 7.53. The molecule has 0 radical (unpaired) electrons. The van der Waals surface area contributed by atoms with Gasteiger partial charge in [0.1, 0.15) is 0 Å². The fraction of sp³-hybridized carbons (Fsp3) is 0.929. The Balaban J connectivity index is 1.78. The summed E-state index contributed by atoms with van der Waals surface area (Å²) in [5.41, 5.74) is 5.58. The van der Waals surface area contributed by atoms with E-state index < -0.39 is 0 Å². The summed E-state index contributed by atoms with van der Waals surface area (Å²) in [7, 11) is 0. The number of hydrogen-bond donors (Lipinski definition) is 1. The van der Waals surface area contributed by atoms with Crippen molar-refractivity contribution in [2.75, 3.05) is 32.7 Å². The summed E-state index contributed by atoms with van der Waals surface area (Å²) in [6.07, 6.45) is 8.37. The molecule has 4 heteroatoms. The molecule has 1 atom stereocenters. The van der Waals surface area contributed by atoms with Crippen LogP contribution in [0, 0.1) is 0 Å². The van der Waals surface area contributed by atoms with Crippen LogP contribution in [0.1, 0.15) is 44.9 Å². The fourth-order valence-corrected chi connectivity index (χ4v) is 3.20. The molecule has 4 nitrogen and oxygen atoms in total. The Morgan fingerprint density at radius 1 is 1.11 bits per heavy atom. The molecule has 1 amide bonds. The van der Waals surface area contributed by atoms with Crippen molar-refractivity contribution >= 4 is 5.91 Å². The van der Waals surface area contributed by atoms with E-state index in [1.807, 2.05) is 0 Å². The first kappa shape index (κ1) is 13.8. The number of likely N-dealkylation sites (tertiary alicyclic amines) is 2. The molecule has 0 aromatic rings. The maximum Gasteiger partial charge on any atom is 0.236 e.